The molecule has 0 aromatic heterocycles. The molecule has 1 aromatic carbocycles. The zero-order chi connectivity index (χ0) is 11.5. The fourth-order valence-corrected chi connectivity index (χ4v) is 1.22. The summed E-state index contributed by atoms with van der Waals surface area (Å²) in [6.45, 7) is 2.61. The average Bonchev–Trinajstić information content (AvgIpc) is 2.34. The van der Waals surface area contributed by atoms with Crippen LogP contribution in [0.5, 0.6) is 0 Å². The molecule has 0 aliphatic carbocycles. The Labute approximate surface area is 97.8 Å². The number of ether oxygens (including phenoxy) is 1. The van der Waals surface area contributed by atoms with Gasteiger partial charge in [0.05, 0.1) is 6.26 Å². The van der Waals surface area contributed by atoms with E-state index >= 15 is 0 Å². The summed E-state index contributed by atoms with van der Waals surface area (Å²) in [7, 11) is 0. The van der Waals surface area contributed by atoms with Crippen LogP contribution in [0.1, 0.15) is 12.5 Å². The number of hydrogen-bond acceptors (Lipinski definition) is 1. The maximum Gasteiger partial charge on any atom is 0.106 e. The standard InChI is InChI=1S/C15H18O/c1-2-3-4-8-13-16-14-9-12-15-10-6-5-7-11-15/h2-11,14H,12-13H2,1H3/b3-2+,8-4+,14-9+. The predicted molar refractivity (Wildman–Crippen MR) is 69.2 cm³/mol. The molecule has 1 heteroatoms. The van der Waals surface area contributed by atoms with E-state index in [1.54, 1.807) is 6.26 Å². The van der Waals surface area contributed by atoms with Crippen LogP contribution in [0.25, 0.3) is 0 Å². The molecule has 1 aromatic rings. The summed E-state index contributed by atoms with van der Waals surface area (Å²) >= 11 is 0. The van der Waals surface area contributed by atoms with E-state index in [9.17, 15) is 0 Å². The molecule has 0 saturated heterocycles. The Kier molecular flexibility index (Phi) is 6.57. The topological polar surface area (TPSA) is 9.23 Å². The zero-order valence-electron chi connectivity index (χ0n) is 9.67. The van der Waals surface area contributed by atoms with E-state index in [4.69, 9.17) is 4.74 Å². The van der Waals surface area contributed by atoms with Gasteiger partial charge in [0.15, 0.2) is 0 Å². The van der Waals surface area contributed by atoms with Gasteiger partial charge in [0.2, 0.25) is 0 Å². The minimum absolute atomic E-state index is 0.621. The van der Waals surface area contributed by atoms with Crippen molar-refractivity contribution in [1.82, 2.24) is 0 Å². The van der Waals surface area contributed by atoms with Crippen LogP contribution in [-0.4, -0.2) is 6.61 Å². The van der Waals surface area contributed by atoms with Crippen molar-refractivity contribution in [3.63, 3.8) is 0 Å². The molecule has 0 saturated carbocycles. The smallest absolute Gasteiger partial charge is 0.106 e. The first-order chi connectivity index (χ1) is 7.93. The zero-order valence-corrected chi connectivity index (χ0v) is 9.67. The molecular formula is C15H18O. The first kappa shape index (κ1) is 12.3. The molecule has 16 heavy (non-hydrogen) atoms. The third kappa shape index (κ3) is 5.86. The minimum atomic E-state index is 0.621. The van der Waals surface area contributed by atoms with Crippen LogP contribution >= 0.6 is 0 Å². The maximum absolute atomic E-state index is 5.30. The molecule has 1 nitrogen and oxygen atoms in total. The van der Waals surface area contributed by atoms with Crippen molar-refractivity contribution in [3.8, 4) is 0 Å². The molecule has 0 atom stereocenters. The average molecular weight is 214 g/mol. The van der Waals surface area contributed by atoms with Gasteiger partial charge in [-0.2, -0.15) is 0 Å². The third-order valence-electron chi connectivity index (χ3n) is 2.02. The van der Waals surface area contributed by atoms with E-state index in [2.05, 4.69) is 12.1 Å². The molecule has 84 valence electrons. The summed E-state index contributed by atoms with van der Waals surface area (Å²) in [4.78, 5) is 0. The van der Waals surface area contributed by atoms with E-state index in [0.29, 0.717) is 6.61 Å². The predicted octanol–water partition coefficient (Wildman–Crippen LogP) is 3.89. The van der Waals surface area contributed by atoms with Gasteiger partial charge in [0, 0.05) is 0 Å². The minimum Gasteiger partial charge on any atom is -0.497 e. The number of hydrogen-bond donors (Lipinski definition) is 0. The van der Waals surface area contributed by atoms with Gasteiger partial charge in [-0.15, -0.1) is 0 Å². The Morgan fingerprint density at radius 2 is 1.88 bits per heavy atom. The monoisotopic (exact) mass is 214 g/mol. The highest BCUT2D eigenvalue weighted by Gasteiger charge is 1.84. The van der Waals surface area contributed by atoms with Crippen LogP contribution in [0.4, 0.5) is 0 Å². The summed E-state index contributed by atoms with van der Waals surface area (Å²) in [5.41, 5.74) is 1.30. The van der Waals surface area contributed by atoms with Crippen LogP contribution in [-0.2, 0) is 11.2 Å². The molecule has 0 fully saturated rings. The first-order valence-corrected chi connectivity index (χ1v) is 5.52. The van der Waals surface area contributed by atoms with Crippen molar-refractivity contribution < 1.29 is 4.74 Å². The van der Waals surface area contributed by atoms with Crippen molar-refractivity contribution in [3.05, 3.63) is 72.5 Å². The number of benzene rings is 1. The molecule has 0 amide bonds. The van der Waals surface area contributed by atoms with Crippen molar-refractivity contribution in [2.75, 3.05) is 6.61 Å². The fraction of sp³-hybridized carbons (Fsp3) is 0.200. The molecule has 0 unspecified atom stereocenters. The van der Waals surface area contributed by atoms with E-state index in [1.165, 1.54) is 5.56 Å². The lowest BCUT2D eigenvalue weighted by Gasteiger charge is -1.95. The van der Waals surface area contributed by atoms with Crippen LogP contribution in [0, 0.1) is 0 Å². The highest BCUT2D eigenvalue weighted by molar-refractivity contribution is 5.17. The summed E-state index contributed by atoms with van der Waals surface area (Å²) in [6.07, 6.45) is 12.6. The third-order valence-corrected chi connectivity index (χ3v) is 2.02. The van der Waals surface area contributed by atoms with E-state index in [-0.39, 0.29) is 0 Å². The molecule has 0 bridgehead atoms. The van der Waals surface area contributed by atoms with E-state index < -0.39 is 0 Å². The van der Waals surface area contributed by atoms with Gasteiger partial charge < -0.3 is 4.74 Å². The molecule has 1 rings (SSSR count). The second-order valence-corrected chi connectivity index (χ2v) is 3.35. The van der Waals surface area contributed by atoms with Gasteiger partial charge in [-0.05, 0) is 31.1 Å². The van der Waals surface area contributed by atoms with Gasteiger partial charge in [-0.25, -0.2) is 0 Å². The lowest BCUT2D eigenvalue weighted by molar-refractivity contribution is 0.288. The molecular weight excluding hydrogens is 196 g/mol. The molecule has 0 aliphatic heterocycles. The van der Waals surface area contributed by atoms with Gasteiger partial charge in [0.25, 0.3) is 0 Å². The van der Waals surface area contributed by atoms with Crippen LogP contribution in [0.15, 0.2) is 67.0 Å². The number of allylic oxidation sites excluding steroid dienone is 4. The Morgan fingerprint density at radius 3 is 2.62 bits per heavy atom. The molecule has 0 heterocycles. The Bertz CT molecular complexity index is 347. The Morgan fingerprint density at radius 1 is 1.06 bits per heavy atom. The molecule has 0 N–H and O–H groups in total. The van der Waals surface area contributed by atoms with Crippen molar-refractivity contribution in [2.24, 2.45) is 0 Å². The largest absolute Gasteiger partial charge is 0.497 e. The van der Waals surface area contributed by atoms with Gasteiger partial charge in [-0.1, -0.05) is 48.6 Å². The lowest BCUT2D eigenvalue weighted by Crippen LogP contribution is -1.82. The fourth-order valence-electron chi connectivity index (χ4n) is 1.22. The maximum atomic E-state index is 5.30. The van der Waals surface area contributed by atoms with Crippen molar-refractivity contribution in [1.29, 1.82) is 0 Å². The Hall–Kier alpha value is -1.76. The number of rotatable bonds is 6. The normalized spacial score (nSPS) is 11.8. The van der Waals surface area contributed by atoms with E-state index in [1.807, 2.05) is 55.5 Å². The molecule has 0 aliphatic rings. The van der Waals surface area contributed by atoms with Gasteiger partial charge in [0.1, 0.15) is 6.61 Å². The van der Waals surface area contributed by atoms with E-state index in [0.717, 1.165) is 6.42 Å². The summed E-state index contributed by atoms with van der Waals surface area (Å²) in [5, 5.41) is 0. The summed E-state index contributed by atoms with van der Waals surface area (Å²) in [6, 6.07) is 10.3. The SMILES string of the molecule is C/C=C/C=C/CO/C=C/Cc1ccccc1. The van der Waals surface area contributed by atoms with Crippen LogP contribution < -0.4 is 0 Å². The first-order valence-electron chi connectivity index (χ1n) is 5.52. The molecule has 0 radical (unpaired) electrons. The second kappa shape index (κ2) is 8.54. The van der Waals surface area contributed by atoms with Crippen LogP contribution in [0.3, 0.4) is 0 Å². The lowest BCUT2D eigenvalue weighted by atomic mass is 10.2. The highest BCUT2D eigenvalue weighted by Crippen LogP contribution is 1.99. The van der Waals surface area contributed by atoms with Crippen molar-refractivity contribution in [2.45, 2.75) is 13.3 Å². The van der Waals surface area contributed by atoms with Crippen molar-refractivity contribution >= 4 is 0 Å². The van der Waals surface area contributed by atoms with Gasteiger partial charge >= 0.3 is 0 Å². The second-order valence-electron chi connectivity index (χ2n) is 3.35. The molecule has 0 spiro atoms. The quantitative estimate of drug-likeness (QED) is 0.396. The highest BCUT2D eigenvalue weighted by atomic mass is 16.5. The van der Waals surface area contributed by atoms with Crippen LogP contribution in [0.2, 0.25) is 0 Å². The Balaban J connectivity index is 2.14. The summed E-state index contributed by atoms with van der Waals surface area (Å²) in [5.74, 6) is 0. The van der Waals surface area contributed by atoms with Gasteiger partial charge in [-0.3, -0.25) is 0 Å². The summed E-state index contributed by atoms with van der Waals surface area (Å²) < 4.78 is 5.30.